The molecule has 0 unspecified atom stereocenters. The molecule has 0 saturated heterocycles. The van der Waals surface area contributed by atoms with Crippen LogP contribution in [0.5, 0.6) is 0 Å². The van der Waals surface area contributed by atoms with Gasteiger partial charge in [0.25, 0.3) is 0 Å². The maximum atomic E-state index is 9.92. The maximum Gasteiger partial charge on any atom is 0.142 e. The van der Waals surface area contributed by atoms with Crippen molar-refractivity contribution in [1.29, 1.82) is 0 Å². The molecule has 1 aromatic rings. The molecule has 0 radical (unpaired) electrons. The SMILES string of the molecule is O=C/C=C/C=C/c1ccc(Cl)cc1. The van der Waals surface area contributed by atoms with Crippen molar-refractivity contribution in [3.05, 3.63) is 53.1 Å². The topological polar surface area (TPSA) is 17.1 Å². The molecule has 0 aliphatic rings. The van der Waals surface area contributed by atoms with E-state index in [1.165, 1.54) is 6.08 Å². The number of aldehydes is 1. The zero-order chi connectivity index (χ0) is 9.52. The second-order valence-corrected chi connectivity index (χ2v) is 2.87. The van der Waals surface area contributed by atoms with Crippen LogP contribution in [0.25, 0.3) is 6.08 Å². The molecular formula is C11H9ClO. The van der Waals surface area contributed by atoms with Crippen molar-refractivity contribution in [2.45, 2.75) is 0 Å². The van der Waals surface area contributed by atoms with Crippen LogP contribution in [0.3, 0.4) is 0 Å². The second-order valence-electron chi connectivity index (χ2n) is 2.43. The molecule has 1 rings (SSSR count). The first-order valence-corrected chi connectivity index (χ1v) is 4.25. The molecule has 0 bridgehead atoms. The van der Waals surface area contributed by atoms with E-state index in [1.54, 1.807) is 12.2 Å². The highest BCUT2D eigenvalue weighted by atomic mass is 35.5. The Balaban J connectivity index is 2.64. The number of rotatable bonds is 3. The van der Waals surface area contributed by atoms with Crippen LogP contribution in [0.2, 0.25) is 5.02 Å². The molecule has 0 atom stereocenters. The third-order valence-corrected chi connectivity index (χ3v) is 1.71. The second kappa shape index (κ2) is 5.33. The van der Waals surface area contributed by atoms with E-state index in [2.05, 4.69) is 0 Å². The van der Waals surface area contributed by atoms with E-state index in [9.17, 15) is 4.79 Å². The minimum absolute atomic E-state index is 0.723. The van der Waals surface area contributed by atoms with Crippen LogP contribution >= 0.6 is 11.6 Å². The Hall–Kier alpha value is -1.34. The average molecular weight is 193 g/mol. The van der Waals surface area contributed by atoms with Crippen molar-refractivity contribution in [3.63, 3.8) is 0 Å². The van der Waals surface area contributed by atoms with E-state index in [0.717, 1.165) is 16.9 Å². The fourth-order valence-electron chi connectivity index (χ4n) is 0.850. The summed E-state index contributed by atoms with van der Waals surface area (Å²) in [5.41, 5.74) is 1.06. The number of carbonyl (C=O) groups excluding carboxylic acids is 1. The van der Waals surface area contributed by atoms with Gasteiger partial charge in [0, 0.05) is 5.02 Å². The van der Waals surface area contributed by atoms with Gasteiger partial charge in [-0.3, -0.25) is 4.79 Å². The summed E-state index contributed by atoms with van der Waals surface area (Å²) < 4.78 is 0. The minimum Gasteiger partial charge on any atom is -0.299 e. The lowest BCUT2D eigenvalue weighted by molar-refractivity contribution is -0.104. The van der Waals surface area contributed by atoms with Crippen LogP contribution in [0.1, 0.15) is 5.56 Å². The number of hydrogen-bond donors (Lipinski definition) is 0. The molecule has 0 N–H and O–H groups in total. The van der Waals surface area contributed by atoms with Gasteiger partial charge in [0.05, 0.1) is 0 Å². The third-order valence-electron chi connectivity index (χ3n) is 1.46. The Bertz CT molecular complexity index is 322. The Morgan fingerprint density at radius 3 is 2.31 bits per heavy atom. The van der Waals surface area contributed by atoms with E-state index in [0.29, 0.717) is 0 Å². The van der Waals surface area contributed by atoms with E-state index in [1.807, 2.05) is 30.3 Å². The lowest BCUT2D eigenvalue weighted by atomic mass is 10.2. The molecule has 0 saturated carbocycles. The average Bonchev–Trinajstić information content (AvgIpc) is 2.15. The van der Waals surface area contributed by atoms with Gasteiger partial charge in [-0.1, -0.05) is 42.0 Å². The van der Waals surface area contributed by atoms with E-state index < -0.39 is 0 Å². The number of benzene rings is 1. The Morgan fingerprint density at radius 2 is 1.69 bits per heavy atom. The molecular weight excluding hydrogens is 184 g/mol. The molecule has 0 fully saturated rings. The molecule has 1 aromatic carbocycles. The van der Waals surface area contributed by atoms with Crippen LogP contribution < -0.4 is 0 Å². The van der Waals surface area contributed by atoms with Gasteiger partial charge in [-0.05, 0) is 23.8 Å². The highest BCUT2D eigenvalue weighted by Gasteiger charge is 1.85. The number of carbonyl (C=O) groups is 1. The first-order chi connectivity index (χ1) is 6.33. The molecule has 0 heterocycles. The molecule has 2 heteroatoms. The number of halogens is 1. The summed E-state index contributed by atoms with van der Waals surface area (Å²) in [7, 11) is 0. The first kappa shape index (κ1) is 9.75. The highest BCUT2D eigenvalue weighted by Crippen LogP contribution is 2.10. The predicted octanol–water partition coefficient (Wildman–Crippen LogP) is 3.11. The van der Waals surface area contributed by atoms with Crippen molar-refractivity contribution in [2.24, 2.45) is 0 Å². The summed E-state index contributed by atoms with van der Waals surface area (Å²) in [5.74, 6) is 0. The van der Waals surface area contributed by atoms with Crippen molar-refractivity contribution in [2.75, 3.05) is 0 Å². The molecule has 0 aliphatic carbocycles. The fourth-order valence-corrected chi connectivity index (χ4v) is 0.976. The summed E-state index contributed by atoms with van der Waals surface area (Å²) in [4.78, 5) is 9.92. The van der Waals surface area contributed by atoms with Crippen molar-refractivity contribution in [3.8, 4) is 0 Å². The van der Waals surface area contributed by atoms with Gasteiger partial charge in [0.15, 0.2) is 0 Å². The molecule has 0 amide bonds. The summed E-state index contributed by atoms with van der Waals surface area (Å²) in [5, 5.41) is 0.723. The van der Waals surface area contributed by atoms with Gasteiger partial charge in [-0.2, -0.15) is 0 Å². The smallest absolute Gasteiger partial charge is 0.142 e. The summed E-state index contributed by atoms with van der Waals surface area (Å²) >= 11 is 5.71. The largest absolute Gasteiger partial charge is 0.299 e. The normalized spacial score (nSPS) is 11.2. The van der Waals surface area contributed by atoms with E-state index in [4.69, 9.17) is 11.6 Å². The van der Waals surface area contributed by atoms with Crippen LogP contribution in [0.15, 0.2) is 42.5 Å². The van der Waals surface area contributed by atoms with Crippen LogP contribution in [-0.4, -0.2) is 6.29 Å². The van der Waals surface area contributed by atoms with Crippen molar-refractivity contribution < 1.29 is 4.79 Å². The maximum absolute atomic E-state index is 9.92. The standard InChI is InChI=1S/C11H9ClO/c12-11-7-5-10(6-8-11)4-2-1-3-9-13/h1-9H/b3-1+,4-2+. The summed E-state index contributed by atoms with van der Waals surface area (Å²) in [6, 6.07) is 7.47. The minimum atomic E-state index is 0.723. The van der Waals surface area contributed by atoms with Crippen LogP contribution in [0.4, 0.5) is 0 Å². The molecule has 0 aliphatic heterocycles. The van der Waals surface area contributed by atoms with Gasteiger partial charge in [-0.15, -0.1) is 0 Å². The molecule has 0 aromatic heterocycles. The monoisotopic (exact) mass is 192 g/mol. The molecule has 1 nitrogen and oxygen atoms in total. The molecule has 66 valence electrons. The Morgan fingerprint density at radius 1 is 1.00 bits per heavy atom. The molecule has 0 spiro atoms. The van der Waals surface area contributed by atoms with Crippen molar-refractivity contribution in [1.82, 2.24) is 0 Å². The quantitative estimate of drug-likeness (QED) is 0.409. The molecule has 13 heavy (non-hydrogen) atoms. The summed E-state index contributed by atoms with van der Waals surface area (Å²) in [6.07, 6.45) is 7.56. The van der Waals surface area contributed by atoms with E-state index in [-0.39, 0.29) is 0 Å². The summed E-state index contributed by atoms with van der Waals surface area (Å²) in [6.45, 7) is 0. The lowest BCUT2D eigenvalue weighted by Gasteiger charge is -1.91. The van der Waals surface area contributed by atoms with Gasteiger partial charge < -0.3 is 0 Å². The number of hydrogen-bond acceptors (Lipinski definition) is 1. The van der Waals surface area contributed by atoms with Gasteiger partial charge in [0.2, 0.25) is 0 Å². The predicted molar refractivity (Wildman–Crippen MR) is 55.7 cm³/mol. The van der Waals surface area contributed by atoms with E-state index >= 15 is 0 Å². The van der Waals surface area contributed by atoms with Crippen LogP contribution in [0, 0.1) is 0 Å². The third kappa shape index (κ3) is 3.72. The van der Waals surface area contributed by atoms with Crippen molar-refractivity contribution >= 4 is 24.0 Å². The Labute approximate surface area is 82.3 Å². The van der Waals surface area contributed by atoms with Crippen LogP contribution in [-0.2, 0) is 4.79 Å². The number of allylic oxidation sites excluding steroid dienone is 3. The zero-order valence-corrected chi connectivity index (χ0v) is 7.74. The van der Waals surface area contributed by atoms with Gasteiger partial charge >= 0.3 is 0 Å². The lowest BCUT2D eigenvalue weighted by Crippen LogP contribution is -1.69. The fraction of sp³-hybridized carbons (Fsp3) is 0. The van der Waals surface area contributed by atoms with Gasteiger partial charge in [-0.25, -0.2) is 0 Å². The Kier molecular flexibility index (Phi) is 4.00. The zero-order valence-electron chi connectivity index (χ0n) is 6.98. The van der Waals surface area contributed by atoms with Gasteiger partial charge in [0.1, 0.15) is 6.29 Å². The first-order valence-electron chi connectivity index (χ1n) is 3.87. The highest BCUT2D eigenvalue weighted by molar-refractivity contribution is 6.30.